The van der Waals surface area contributed by atoms with Crippen LogP contribution in [0.4, 0.5) is 0 Å². The molecule has 1 rings (SSSR count). The highest BCUT2D eigenvalue weighted by atomic mass is 127. The molecule has 0 unspecified atom stereocenters. The molecular formula is C11H9ClINO2. The van der Waals surface area contributed by atoms with Crippen LogP contribution in [0.3, 0.4) is 0 Å². The first kappa shape index (κ1) is 13.1. The topological polar surface area (TPSA) is 38.3 Å². The van der Waals surface area contributed by atoms with E-state index in [1.54, 1.807) is 12.1 Å². The van der Waals surface area contributed by atoms with E-state index in [1.165, 1.54) is 7.11 Å². The largest absolute Gasteiger partial charge is 0.496 e. The van der Waals surface area contributed by atoms with Crippen LogP contribution in [0.5, 0.6) is 5.75 Å². The Hall–Kier alpha value is -0.930. The van der Waals surface area contributed by atoms with Crippen LogP contribution in [-0.4, -0.2) is 19.6 Å². The molecule has 0 bridgehead atoms. The van der Waals surface area contributed by atoms with Gasteiger partial charge in [-0.1, -0.05) is 17.5 Å². The van der Waals surface area contributed by atoms with Crippen molar-refractivity contribution in [2.24, 2.45) is 0 Å². The molecule has 0 radical (unpaired) electrons. The minimum Gasteiger partial charge on any atom is -0.496 e. The molecule has 1 N–H and O–H groups in total. The molecule has 0 aliphatic carbocycles. The SMILES string of the molecule is C#CCNC(=O)c1cc(Cl)c(I)cc1OC. The van der Waals surface area contributed by atoms with Gasteiger partial charge in [0.25, 0.3) is 5.91 Å². The van der Waals surface area contributed by atoms with Crippen LogP contribution in [0, 0.1) is 15.9 Å². The number of hydrogen-bond acceptors (Lipinski definition) is 2. The monoisotopic (exact) mass is 349 g/mol. The Kier molecular flexibility index (Phi) is 4.90. The molecular weight excluding hydrogens is 340 g/mol. The van der Waals surface area contributed by atoms with Crippen molar-refractivity contribution in [3.63, 3.8) is 0 Å². The van der Waals surface area contributed by atoms with Crippen LogP contribution >= 0.6 is 34.2 Å². The Bertz CT molecular complexity index is 454. The second kappa shape index (κ2) is 5.97. The Balaban J connectivity index is 3.07. The summed E-state index contributed by atoms with van der Waals surface area (Å²) in [5, 5.41) is 3.06. The summed E-state index contributed by atoms with van der Waals surface area (Å²) in [4.78, 5) is 11.7. The molecule has 1 aromatic rings. The quantitative estimate of drug-likeness (QED) is 0.672. The molecule has 0 heterocycles. The standard InChI is InChI=1S/C11H9ClINO2/c1-3-4-14-11(15)7-5-8(12)9(13)6-10(7)16-2/h1,5-6H,4H2,2H3,(H,14,15). The van der Waals surface area contributed by atoms with E-state index >= 15 is 0 Å². The summed E-state index contributed by atoms with van der Waals surface area (Å²) in [5.74, 6) is 2.50. The fourth-order valence-electron chi connectivity index (χ4n) is 1.10. The van der Waals surface area contributed by atoms with Crippen molar-refractivity contribution in [3.8, 4) is 18.1 Å². The van der Waals surface area contributed by atoms with Crippen LogP contribution in [0.1, 0.15) is 10.4 Å². The van der Waals surface area contributed by atoms with Gasteiger partial charge in [-0.2, -0.15) is 0 Å². The number of carbonyl (C=O) groups is 1. The number of benzene rings is 1. The predicted octanol–water partition coefficient (Wildman–Crippen LogP) is 2.32. The fourth-order valence-corrected chi connectivity index (χ4v) is 1.70. The van der Waals surface area contributed by atoms with Crippen molar-refractivity contribution in [1.82, 2.24) is 5.32 Å². The molecule has 5 heteroatoms. The maximum atomic E-state index is 11.7. The van der Waals surface area contributed by atoms with Crippen LogP contribution in [0.25, 0.3) is 0 Å². The summed E-state index contributed by atoms with van der Waals surface area (Å²) in [6.07, 6.45) is 5.06. The van der Waals surface area contributed by atoms with Gasteiger partial charge < -0.3 is 10.1 Å². The fraction of sp³-hybridized carbons (Fsp3) is 0.182. The molecule has 1 aromatic carbocycles. The molecule has 0 aromatic heterocycles. The molecule has 0 saturated carbocycles. The van der Waals surface area contributed by atoms with E-state index in [1.807, 2.05) is 0 Å². The molecule has 84 valence electrons. The van der Waals surface area contributed by atoms with Gasteiger partial charge in [0.05, 0.1) is 24.2 Å². The average Bonchev–Trinajstić information content (AvgIpc) is 2.28. The zero-order valence-electron chi connectivity index (χ0n) is 8.51. The van der Waals surface area contributed by atoms with Gasteiger partial charge in [-0.25, -0.2) is 0 Å². The molecule has 0 aliphatic heterocycles. The second-order valence-corrected chi connectivity index (χ2v) is 4.42. The number of carbonyl (C=O) groups excluding carboxylic acids is 1. The summed E-state index contributed by atoms with van der Waals surface area (Å²) < 4.78 is 5.93. The Morgan fingerprint density at radius 2 is 2.38 bits per heavy atom. The van der Waals surface area contributed by atoms with Crippen molar-refractivity contribution in [2.45, 2.75) is 0 Å². The first-order valence-corrected chi connectivity index (χ1v) is 5.80. The van der Waals surface area contributed by atoms with Crippen molar-refractivity contribution in [3.05, 3.63) is 26.3 Å². The van der Waals surface area contributed by atoms with Crippen molar-refractivity contribution in [2.75, 3.05) is 13.7 Å². The normalized spacial score (nSPS) is 9.38. The number of methoxy groups -OCH3 is 1. The van der Waals surface area contributed by atoms with Crippen LogP contribution in [0.2, 0.25) is 5.02 Å². The second-order valence-electron chi connectivity index (χ2n) is 2.85. The van der Waals surface area contributed by atoms with Crippen LogP contribution in [0.15, 0.2) is 12.1 Å². The van der Waals surface area contributed by atoms with Gasteiger partial charge in [-0.3, -0.25) is 4.79 Å². The van der Waals surface area contributed by atoms with Gasteiger partial charge in [0.2, 0.25) is 0 Å². The smallest absolute Gasteiger partial charge is 0.255 e. The minimum absolute atomic E-state index is 0.172. The maximum Gasteiger partial charge on any atom is 0.255 e. The highest BCUT2D eigenvalue weighted by molar-refractivity contribution is 14.1. The summed E-state index contributed by atoms with van der Waals surface area (Å²) in [6, 6.07) is 3.27. The van der Waals surface area contributed by atoms with Crippen molar-refractivity contribution >= 4 is 40.1 Å². The molecule has 3 nitrogen and oxygen atoms in total. The third-order valence-corrected chi connectivity index (χ3v) is 3.36. The number of rotatable bonds is 3. The molecule has 0 saturated heterocycles. The number of nitrogens with one attached hydrogen (secondary N) is 1. The van der Waals surface area contributed by atoms with Gasteiger partial charge in [-0.15, -0.1) is 6.42 Å². The Labute approximate surface area is 113 Å². The maximum absolute atomic E-state index is 11.7. The van der Waals surface area contributed by atoms with Gasteiger partial charge in [0.1, 0.15) is 5.75 Å². The van der Waals surface area contributed by atoms with E-state index < -0.39 is 0 Å². The Morgan fingerprint density at radius 3 is 2.94 bits per heavy atom. The highest BCUT2D eigenvalue weighted by Crippen LogP contribution is 2.28. The number of halogens is 2. The molecule has 0 spiro atoms. The molecule has 16 heavy (non-hydrogen) atoms. The zero-order chi connectivity index (χ0) is 12.1. The first-order valence-electron chi connectivity index (χ1n) is 4.34. The van der Waals surface area contributed by atoms with E-state index in [2.05, 4.69) is 33.8 Å². The average molecular weight is 350 g/mol. The minimum atomic E-state index is -0.298. The molecule has 0 aliphatic rings. The van der Waals surface area contributed by atoms with E-state index in [0.717, 1.165) is 3.57 Å². The van der Waals surface area contributed by atoms with Crippen molar-refractivity contribution < 1.29 is 9.53 Å². The summed E-state index contributed by atoms with van der Waals surface area (Å²) in [7, 11) is 1.50. The van der Waals surface area contributed by atoms with Crippen LogP contribution in [-0.2, 0) is 0 Å². The third-order valence-electron chi connectivity index (χ3n) is 1.84. The highest BCUT2D eigenvalue weighted by Gasteiger charge is 2.14. The number of terminal acetylenes is 1. The third kappa shape index (κ3) is 3.03. The summed E-state index contributed by atoms with van der Waals surface area (Å²) in [5.41, 5.74) is 0.378. The van der Waals surface area contributed by atoms with Gasteiger partial charge in [0.15, 0.2) is 0 Å². The summed E-state index contributed by atoms with van der Waals surface area (Å²) >= 11 is 8.00. The van der Waals surface area contributed by atoms with E-state index in [4.69, 9.17) is 22.8 Å². The summed E-state index contributed by atoms with van der Waals surface area (Å²) in [6.45, 7) is 0.172. The lowest BCUT2D eigenvalue weighted by molar-refractivity contribution is 0.0955. The Morgan fingerprint density at radius 1 is 1.69 bits per heavy atom. The van der Waals surface area contributed by atoms with Gasteiger partial charge in [0, 0.05) is 3.57 Å². The first-order chi connectivity index (χ1) is 7.60. The predicted molar refractivity (Wildman–Crippen MR) is 71.9 cm³/mol. The number of amides is 1. The van der Waals surface area contributed by atoms with E-state index in [9.17, 15) is 4.79 Å². The van der Waals surface area contributed by atoms with Gasteiger partial charge in [-0.05, 0) is 34.7 Å². The van der Waals surface area contributed by atoms with Gasteiger partial charge >= 0.3 is 0 Å². The van der Waals surface area contributed by atoms with Crippen LogP contribution < -0.4 is 10.1 Å². The van der Waals surface area contributed by atoms with E-state index in [-0.39, 0.29) is 12.5 Å². The number of hydrogen-bond donors (Lipinski definition) is 1. The van der Waals surface area contributed by atoms with Crippen molar-refractivity contribution in [1.29, 1.82) is 0 Å². The lowest BCUT2D eigenvalue weighted by atomic mass is 10.2. The zero-order valence-corrected chi connectivity index (χ0v) is 11.4. The lowest BCUT2D eigenvalue weighted by Gasteiger charge is -2.09. The molecule has 0 atom stereocenters. The number of ether oxygens (including phenoxy) is 1. The molecule has 0 fully saturated rings. The lowest BCUT2D eigenvalue weighted by Crippen LogP contribution is -2.24. The molecule has 1 amide bonds. The van der Waals surface area contributed by atoms with E-state index in [0.29, 0.717) is 16.3 Å².